The average Bonchev–Trinajstić information content (AvgIpc) is 2.22. The highest BCUT2D eigenvalue weighted by atomic mass is 35.5. The first kappa shape index (κ1) is 12.0. The number of carbonyl (C=O) groups excluding carboxylic acids is 1. The van der Waals surface area contributed by atoms with Gasteiger partial charge in [-0.1, -0.05) is 24.6 Å². The molecule has 1 atom stereocenters. The minimum absolute atomic E-state index is 0.204. The maximum Gasteiger partial charge on any atom is 0.241 e. The van der Waals surface area contributed by atoms with Crippen LogP contribution in [0.15, 0.2) is 18.2 Å². The van der Waals surface area contributed by atoms with E-state index in [1.54, 1.807) is 6.07 Å². The fourth-order valence-corrected chi connectivity index (χ4v) is 1.31. The number of anilines is 1. The molecule has 0 spiro atoms. The highest BCUT2D eigenvalue weighted by Gasteiger charge is 2.12. The van der Waals surface area contributed by atoms with Crippen molar-refractivity contribution < 1.29 is 4.79 Å². The van der Waals surface area contributed by atoms with E-state index in [0.717, 1.165) is 5.56 Å². The molecule has 1 amide bonds. The van der Waals surface area contributed by atoms with E-state index in [4.69, 9.17) is 17.3 Å². The summed E-state index contributed by atoms with van der Waals surface area (Å²) in [5, 5.41) is 3.23. The van der Waals surface area contributed by atoms with E-state index in [9.17, 15) is 4.79 Å². The van der Waals surface area contributed by atoms with E-state index in [2.05, 4.69) is 5.32 Å². The zero-order chi connectivity index (χ0) is 11.4. The molecule has 15 heavy (non-hydrogen) atoms. The molecule has 0 aliphatic heterocycles. The molecule has 4 heteroatoms. The fraction of sp³-hybridized carbons (Fsp3) is 0.364. The van der Waals surface area contributed by atoms with E-state index < -0.39 is 6.04 Å². The molecule has 0 saturated heterocycles. The molecule has 1 aromatic carbocycles. The Bertz CT molecular complexity index is 366. The summed E-state index contributed by atoms with van der Waals surface area (Å²) in [6.07, 6.45) is 0.606. The number of amides is 1. The second-order valence-electron chi connectivity index (χ2n) is 3.49. The van der Waals surface area contributed by atoms with Gasteiger partial charge in [-0.15, -0.1) is 0 Å². The van der Waals surface area contributed by atoms with Crippen molar-refractivity contribution >= 4 is 23.2 Å². The minimum atomic E-state index is -0.485. The Balaban J connectivity index is 2.80. The molecular formula is C11H15ClN2O. The Morgan fingerprint density at radius 2 is 2.27 bits per heavy atom. The zero-order valence-corrected chi connectivity index (χ0v) is 9.64. The second kappa shape index (κ2) is 5.14. The number of halogens is 1. The summed E-state index contributed by atoms with van der Waals surface area (Å²) in [6, 6.07) is 4.98. The lowest BCUT2D eigenvalue weighted by molar-refractivity contribution is -0.117. The van der Waals surface area contributed by atoms with Crippen LogP contribution in [0.1, 0.15) is 18.9 Å². The topological polar surface area (TPSA) is 55.1 Å². The Hall–Kier alpha value is -1.06. The monoisotopic (exact) mass is 226 g/mol. The van der Waals surface area contributed by atoms with Gasteiger partial charge in [0, 0.05) is 0 Å². The van der Waals surface area contributed by atoms with Gasteiger partial charge in [0.25, 0.3) is 0 Å². The lowest BCUT2D eigenvalue weighted by Gasteiger charge is -2.11. The summed E-state index contributed by atoms with van der Waals surface area (Å²) < 4.78 is 0. The largest absolute Gasteiger partial charge is 0.323 e. The molecule has 0 bridgehead atoms. The number of nitrogens with one attached hydrogen (secondary N) is 1. The summed E-state index contributed by atoms with van der Waals surface area (Å²) in [5.41, 5.74) is 7.26. The first-order valence-corrected chi connectivity index (χ1v) is 5.25. The Kier molecular flexibility index (Phi) is 4.12. The van der Waals surface area contributed by atoms with Crippen LogP contribution in [-0.4, -0.2) is 11.9 Å². The quantitative estimate of drug-likeness (QED) is 0.831. The van der Waals surface area contributed by atoms with Crippen molar-refractivity contribution in [2.45, 2.75) is 26.3 Å². The normalized spacial score (nSPS) is 12.3. The third kappa shape index (κ3) is 3.22. The minimum Gasteiger partial charge on any atom is -0.323 e. The van der Waals surface area contributed by atoms with E-state index in [0.29, 0.717) is 17.1 Å². The number of hydrogen-bond donors (Lipinski definition) is 2. The van der Waals surface area contributed by atoms with E-state index in [1.165, 1.54) is 0 Å². The molecular weight excluding hydrogens is 212 g/mol. The Morgan fingerprint density at radius 3 is 2.87 bits per heavy atom. The third-order valence-corrected chi connectivity index (χ3v) is 2.49. The molecule has 0 fully saturated rings. The van der Waals surface area contributed by atoms with Crippen molar-refractivity contribution in [2.24, 2.45) is 5.73 Å². The molecule has 0 heterocycles. The van der Waals surface area contributed by atoms with Crippen LogP contribution in [0.2, 0.25) is 5.02 Å². The van der Waals surface area contributed by atoms with Gasteiger partial charge in [0.1, 0.15) is 0 Å². The number of hydrogen-bond acceptors (Lipinski definition) is 2. The molecule has 0 aromatic heterocycles. The second-order valence-corrected chi connectivity index (χ2v) is 3.89. The number of aryl methyl sites for hydroxylation is 1. The van der Waals surface area contributed by atoms with Crippen molar-refractivity contribution in [3.05, 3.63) is 28.8 Å². The van der Waals surface area contributed by atoms with Crippen LogP contribution < -0.4 is 11.1 Å². The van der Waals surface area contributed by atoms with Crippen LogP contribution in [-0.2, 0) is 4.79 Å². The van der Waals surface area contributed by atoms with Crippen LogP contribution in [0.3, 0.4) is 0 Å². The van der Waals surface area contributed by atoms with Crippen LogP contribution in [0.4, 0.5) is 5.69 Å². The summed E-state index contributed by atoms with van der Waals surface area (Å²) in [5.74, 6) is -0.204. The predicted molar refractivity (Wildman–Crippen MR) is 63.1 cm³/mol. The average molecular weight is 227 g/mol. The van der Waals surface area contributed by atoms with Crippen molar-refractivity contribution in [1.82, 2.24) is 0 Å². The van der Waals surface area contributed by atoms with Gasteiger partial charge in [0.2, 0.25) is 5.91 Å². The lowest BCUT2D eigenvalue weighted by Crippen LogP contribution is -2.34. The summed E-state index contributed by atoms with van der Waals surface area (Å²) >= 11 is 5.93. The molecule has 3 nitrogen and oxygen atoms in total. The molecule has 0 radical (unpaired) electrons. The first-order valence-electron chi connectivity index (χ1n) is 4.87. The molecule has 0 aliphatic rings. The Morgan fingerprint density at radius 1 is 1.60 bits per heavy atom. The molecule has 0 aliphatic carbocycles. The van der Waals surface area contributed by atoms with Crippen molar-refractivity contribution in [3.8, 4) is 0 Å². The smallest absolute Gasteiger partial charge is 0.241 e. The van der Waals surface area contributed by atoms with Crippen molar-refractivity contribution in [2.75, 3.05) is 5.32 Å². The van der Waals surface area contributed by atoms with Crippen LogP contribution in [0.5, 0.6) is 0 Å². The van der Waals surface area contributed by atoms with Gasteiger partial charge in [-0.25, -0.2) is 0 Å². The molecule has 3 N–H and O–H groups in total. The maximum absolute atomic E-state index is 11.5. The molecule has 1 aromatic rings. The number of nitrogens with two attached hydrogens (primary N) is 1. The summed E-state index contributed by atoms with van der Waals surface area (Å²) in [7, 11) is 0. The fourth-order valence-electron chi connectivity index (χ4n) is 1.15. The number of carbonyl (C=O) groups is 1. The van der Waals surface area contributed by atoms with Gasteiger partial charge in [0.15, 0.2) is 0 Å². The highest BCUT2D eigenvalue weighted by Crippen LogP contribution is 2.22. The first-order chi connectivity index (χ1) is 7.04. The predicted octanol–water partition coefficient (Wildman–Crippen LogP) is 2.32. The van der Waals surface area contributed by atoms with E-state index in [-0.39, 0.29) is 5.91 Å². The Labute approximate surface area is 94.6 Å². The molecule has 1 rings (SSSR count). The maximum atomic E-state index is 11.5. The van der Waals surface area contributed by atoms with Gasteiger partial charge in [-0.3, -0.25) is 4.79 Å². The molecule has 0 unspecified atom stereocenters. The van der Waals surface area contributed by atoms with E-state index >= 15 is 0 Å². The SMILES string of the molecule is CC[C@@H](N)C(=O)Nc1cc(C)ccc1Cl. The van der Waals surface area contributed by atoms with Crippen molar-refractivity contribution in [1.29, 1.82) is 0 Å². The van der Waals surface area contributed by atoms with Gasteiger partial charge < -0.3 is 11.1 Å². The standard InChI is InChI=1S/C11H15ClN2O/c1-3-9(13)11(15)14-10-6-7(2)4-5-8(10)12/h4-6,9H,3,13H2,1-2H3,(H,14,15)/t9-/m1/s1. The molecule has 82 valence electrons. The lowest BCUT2D eigenvalue weighted by atomic mass is 10.2. The highest BCUT2D eigenvalue weighted by molar-refractivity contribution is 6.33. The van der Waals surface area contributed by atoms with Crippen LogP contribution >= 0.6 is 11.6 Å². The van der Waals surface area contributed by atoms with Crippen molar-refractivity contribution in [3.63, 3.8) is 0 Å². The van der Waals surface area contributed by atoms with Crippen LogP contribution in [0.25, 0.3) is 0 Å². The summed E-state index contributed by atoms with van der Waals surface area (Å²) in [6.45, 7) is 3.80. The zero-order valence-electron chi connectivity index (χ0n) is 8.88. The molecule has 0 saturated carbocycles. The van der Waals surface area contributed by atoms with Gasteiger partial charge in [-0.2, -0.15) is 0 Å². The van der Waals surface area contributed by atoms with Gasteiger partial charge in [-0.05, 0) is 31.0 Å². The summed E-state index contributed by atoms with van der Waals surface area (Å²) in [4.78, 5) is 11.5. The van der Waals surface area contributed by atoms with E-state index in [1.807, 2.05) is 26.0 Å². The number of rotatable bonds is 3. The van der Waals surface area contributed by atoms with Crippen LogP contribution in [0, 0.1) is 6.92 Å². The van der Waals surface area contributed by atoms with Gasteiger partial charge in [0.05, 0.1) is 16.8 Å². The van der Waals surface area contributed by atoms with Gasteiger partial charge >= 0.3 is 0 Å². The number of benzene rings is 1. The third-order valence-electron chi connectivity index (χ3n) is 2.16.